The molecule has 0 aliphatic heterocycles. The lowest BCUT2D eigenvalue weighted by Gasteiger charge is -2.11. The Bertz CT molecular complexity index is 759. The minimum absolute atomic E-state index is 0.0173. The molecule has 0 spiro atoms. The molecule has 0 fully saturated rings. The van der Waals surface area contributed by atoms with E-state index in [2.05, 4.69) is 0 Å². The second-order valence-electron chi connectivity index (χ2n) is 4.04. The maximum Gasteiger partial charge on any atom is 0.197 e. The van der Waals surface area contributed by atoms with Crippen LogP contribution in [0.4, 0.5) is 5.69 Å². The number of rotatable bonds is 2. The highest BCUT2D eigenvalue weighted by molar-refractivity contribution is 6.52. The fourth-order valence-electron chi connectivity index (χ4n) is 1.68. The molecule has 2 N–H and O–H groups in total. The number of ketones is 1. The van der Waals surface area contributed by atoms with E-state index < -0.39 is 5.78 Å². The molecule has 0 aromatic heterocycles. The van der Waals surface area contributed by atoms with Gasteiger partial charge in [-0.05, 0) is 18.2 Å². The lowest BCUT2D eigenvalue weighted by Crippen LogP contribution is -2.06. The van der Waals surface area contributed by atoms with E-state index in [9.17, 15) is 4.79 Å². The molecule has 110 valence electrons. The largest absolute Gasteiger partial charge is 0.399 e. The van der Waals surface area contributed by atoms with Crippen molar-refractivity contribution in [3.8, 4) is 0 Å². The Kier molecular flexibility index (Phi) is 5.19. The summed E-state index contributed by atoms with van der Waals surface area (Å²) in [6, 6.07) is 4.14. The number of nitrogens with two attached hydrogens (primary N) is 1. The molecule has 0 amide bonds. The summed E-state index contributed by atoms with van der Waals surface area (Å²) in [5.41, 5.74) is 6.00. The van der Waals surface area contributed by atoms with E-state index in [1.54, 1.807) is 0 Å². The van der Waals surface area contributed by atoms with Crippen LogP contribution in [0.3, 0.4) is 0 Å². The van der Waals surface area contributed by atoms with Crippen molar-refractivity contribution >= 4 is 81.1 Å². The molecule has 0 radical (unpaired) electrons. The highest BCUT2D eigenvalue weighted by Crippen LogP contribution is 2.40. The normalized spacial score (nSPS) is 10.8. The molecule has 0 heterocycles. The number of anilines is 1. The molecule has 0 bridgehead atoms. The van der Waals surface area contributed by atoms with Crippen LogP contribution in [0.15, 0.2) is 18.2 Å². The zero-order valence-corrected chi connectivity index (χ0v) is 14.5. The van der Waals surface area contributed by atoms with Crippen molar-refractivity contribution in [1.29, 1.82) is 0 Å². The van der Waals surface area contributed by atoms with Gasteiger partial charge in [0, 0.05) is 11.3 Å². The maximum atomic E-state index is 12.6. The third-order valence-corrected chi connectivity index (χ3v) is 5.00. The molecule has 0 atom stereocenters. The van der Waals surface area contributed by atoms with E-state index in [0.717, 1.165) is 0 Å². The molecular weight excluding hydrogens is 399 g/mol. The summed E-state index contributed by atoms with van der Waals surface area (Å²) in [5.74, 6) is -0.553. The van der Waals surface area contributed by atoms with Crippen molar-refractivity contribution < 1.29 is 4.79 Å². The first-order chi connectivity index (χ1) is 9.73. The standard InChI is InChI=1S/C13H5Cl6NO/c14-6-3-8(16)11(18)12(19)9(6)13(21)5-1-4(20)2-7(15)10(5)17/h1-3H,20H2. The molecule has 21 heavy (non-hydrogen) atoms. The van der Waals surface area contributed by atoms with E-state index in [0.29, 0.717) is 0 Å². The van der Waals surface area contributed by atoms with Gasteiger partial charge >= 0.3 is 0 Å². The maximum absolute atomic E-state index is 12.6. The molecule has 0 aliphatic carbocycles. The van der Waals surface area contributed by atoms with Gasteiger partial charge in [0.25, 0.3) is 0 Å². The number of carbonyl (C=O) groups excluding carboxylic acids is 1. The summed E-state index contributed by atoms with van der Waals surface area (Å²) >= 11 is 35.8. The average molecular weight is 404 g/mol. The van der Waals surface area contributed by atoms with Gasteiger partial charge in [-0.25, -0.2) is 0 Å². The van der Waals surface area contributed by atoms with E-state index in [-0.39, 0.29) is 47.0 Å². The van der Waals surface area contributed by atoms with Crippen LogP contribution in [0.2, 0.25) is 30.1 Å². The van der Waals surface area contributed by atoms with Crippen molar-refractivity contribution in [2.75, 3.05) is 5.73 Å². The van der Waals surface area contributed by atoms with E-state index in [1.165, 1.54) is 18.2 Å². The van der Waals surface area contributed by atoms with Crippen molar-refractivity contribution in [2.45, 2.75) is 0 Å². The third-order valence-electron chi connectivity index (χ3n) is 2.64. The van der Waals surface area contributed by atoms with Crippen LogP contribution in [0.5, 0.6) is 0 Å². The predicted molar refractivity (Wildman–Crippen MR) is 90.8 cm³/mol. The van der Waals surface area contributed by atoms with Gasteiger partial charge in [-0.3, -0.25) is 4.79 Å². The zero-order chi connectivity index (χ0) is 15.9. The Hall–Kier alpha value is -0.350. The van der Waals surface area contributed by atoms with Gasteiger partial charge in [0.2, 0.25) is 0 Å². The summed E-state index contributed by atoms with van der Waals surface area (Å²) < 4.78 is 0. The van der Waals surface area contributed by atoms with Crippen LogP contribution in [0.25, 0.3) is 0 Å². The molecule has 0 aliphatic rings. The summed E-state index contributed by atoms with van der Waals surface area (Å²) in [6.07, 6.45) is 0. The quantitative estimate of drug-likeness (QED) is 0.272. The molecule has 8 heteroatoms. The lowest BCUT2D eigenvalue weighted by atomic mass is 10.0. The number of benzene rings is 2. The van der Waals surface area contributed by atoms with Crippen LogP contribution in [0, 0.1) is 0 Å². The smallest absolute Gasteiger partial charge is 0.197 e. The summed E-state index contributed by atoms with van der Waals surface area (Å²) in [7, 11) is 0. The van der Waals surface area contributed by atoms with Crippen LogP contribution < -0.4 is 5.73 Å². The molecular formula is C13H5Cl6NO. The van der Waals surface area contributed by atoms with Crippen molar-refractivity contribution in [3.05, 3.63) is 59.5 Å². The van der Waals surface area contributed by atoms with Gasteiger partial charge in [-0.1, -0.05) is 69.6 Å². The van der Waals surface area contributed by atoms with Gasteiger partial charge in [-0.2, -0.15) is 0 Å². The van der Waals surface area contributed by atoms with Crippen molar-refractivity contribution in [1.82, 2.24) is 0 Å². The minimum atomic E-state index is -0.553. The van der Waals surface area contributed by atoms with Crippen LogP contribution in [0.1, 0.15) is 15.9 Å². The summed E-state index contributed by atoms with van der Waals surface area (Å²) in [6.45, 7) is 0. The minimum Gasteiger partial charge on any atom is -0.399 e. The average Bonchev–Trinajstić information content (AvgIpc) is 2.40. The number of hydrogen-bond acceptors (Lipinski definition) is 2. The Morgan fingerprint density at radius 3 is 1.95 bits per heavy atom. The second kappa shape index (κ2) is 6.41. The molecule has 2 rings (SSSR count). The Morgan fingerprint density at radius 2 is 1.33 bits per heavy atom. The number of hydrogen-bond donors (Lipinski definition) is 1. The zero-order valence-electron chi connectivity index (χ0n) is 9.99. The fourth-order valence-corrected chi connectivity index (χ4v) is 3.19. The topological polar surface area (TPSA) is 43.1 Å². The molecule has 0 saturated carbocycles. The number of carbonyl (C=O) groups is 1. The Morgan fingerprint density at radius 1 is 0.762 bits per heavy atom. The third kappa shape index (κ3) is 3.21. The molecule has 2 nitrogen and oxygen atoms in total. The van der Waals surface area contributed by atoms with Crippen LogP contribution in [-0.4, -0.2) is 5.78 Å². The Labute approximate surface area is 150 Å². The van der Waals surface area contributed by atoms with Gasteiger partial charge < -0.3 is 5.73 Å². The predicted octanol–water partition coefficient (Wildman–Crippen LogP) is 6.42. The van der Waals surface area contributed by atoms with E-state index in [1.807, 2.05) is 0 Å². The first-order valence-electron chi connectivity index (χ1n) is 5.36. The molecule has 2 aromatic rings. The monoisotopic (exact) mass is 401 g/mol. The van der Waals surface area contributed by atoms with Gasteiger partial charge in [0.15, 0.2) is 5.78 Å². The van der Waals surface area contributed by atoms with Crippen LogP contribution in [-0.2, 0) is 0 Å². The highest BCUT2D eigenvalue weighted by atomic mass is 35.5. The number of halogens is 6. The van der Waals surface area contributed by atoms with Crippen molar-refractivity contribution in [3.63, 3.8) is 0 Å². The number of nitrogen functional groups attached to an aromatic ring is 1. The second-order valence-corrected chi connectivity index (χ2v) is 6.39. The fraction of sp³-hybridized carbons (Fsp3) is 0. The first kappa shape index (κ1) is 17.0. The van der Waals surface area contributed by atoms with E-state index >= 15 is 0 Å². The van der Waals surface area contributed by atoms with Crippen LogP contribution >= 0.6 is 69.6 Å². The van der Waals surface area contributed by atoms with Gasteiger partial charge in [0.05, 0.1) is 35.7 Å². The van der Waals surface area contributed by atoms with Gasteiger partial charge in [0.1, 0.15) is 0 Å². The van der Waals surface area contributed by atoms with E-state index in [4.69, 9.17) is 75.3 Å². The molecule has 0 unspecified atom stereocenters. The summed E-state index contributed by atoms with van der Waals surface area (Å²) in [5, 5.41) is 0.348. The SMILES string of the molecule is Nc1cc(Cl)c(Cl)c(C(=O)c2c(Cl)cc(Cl)c(Cl)c2Cl)c1. The molecule has 2 aromatic carbocycles. The summed E-state index contributed by atoms with van der Waals surface area (Å²) in [4.78, 5) is 12.6. The molecule has 0 saturated heterocycles. The van der Waals surface area contributed by atoms with Gasteiger partial charge in [-0.15, -0.1) is 0 Å². The highest BCUT2D eigenvalue weighted by Gasteiger charge is 2.24. The first-order valence-corrected chi connectivity index (χ1v) is 7.63. The van der Waals surface area contributed by atoms with Crippen molar-refractivity contribution in [2.24, 2.45) is 0 Å². The Balaban J connectivity index is 2.70. The lowest BCUT2D eigenvalue weighted by molar-refractivity contribution is 0.103.